The number of benzene rings is 2. The van der Waals surface area contributed by atoms with Crippen molar-refractivity contribution >= 4 is 34.6 Å². The molecule has 0 radical (unpaired) electrons. The molecule has 98 valence electrons. The third-order valence-electron chi connectivity index (χ3n) is 2.83. The number of hydrogen-bond donors (Lipinski definition) is 3. The predicted octanol–water partition coefficient (Wildman–Crippen LogP) is 3.07. The van der Waals surface area contributed by atoms with Gasteiger partial charge in [0.25, 0.3) is 5.91 Å². The van der Waals surface area contributed by atoms with Crippen molar-refractivity contribution in [3.8, 4) is 0 Å². The summed E-state index contributed by atoms with van der Waals surface area (Å²) in [6, 6.07) is 10.5. The number of anilines is 3. The molecule has 0 aromatic heterocycles. The molecule has 0 fully saturated rings. The second-order valence-corrected chi connectivity index (χ2v) is 4.60. The third-order valence-corrected chi connectivity index (χ3v) is 3.15. The van der Waals surface area contributed by atoms with Crippen LogP contribution < -0.4 is 16.8 Å². The summed E-state index contributed by atoms with van der Waals surface area (Å²) in [5.41, 5.74) is 14.2. The van der Waals surface area contributed by atoms with Gasteiger partial charge in [0.15, 0.2) is 0 Å². The summed E-state index contributed by atoms with van der Waals surface area (Å²) in [5.74, 6) is -0.542. The quantitative estimate of drug-likeness (QED) is 0.753. The van der Waals surface area contributed by atoms with Crippen molar-refractivity contribution < 1.29 is 4.79 Å². The van der Waals surface area contributed by atoms with Gasteiger partial charge in [0.2, 0.25) is 0 Å². The molecule has 0 saturated carbocycles. The number of para-hydroxylation sites is 2. The molecule has 0 saturated heterocycles. The summed E-state index contributed by atoms with van der Waals surface area (Å²) in [5, 5.41) is 3.66. The summed E-state index contributed by atoms with van der Waals surface area (Å²) in [4.78, 5) is 11.4. The van der Waals surface area contributed by atoms with E-state index in [4.69, 9.17) is 23.1 Å². The lowest BCUT2D eigenvalue weighted by Gasteiger charge is -2.15. The Balaban J connectivity index is 2.52. The Hall–Kier alpha value is -2.20. The molecule has 0 aliphatic carbocycles. The number of primary amides is 1. The van der Waals surface area contributed by atoms with E-state index in [1.165, 1.54) is 0 Å². The molecule has 19 heavy (non-hydrogen) atoms. The molecule has 0 heterocycles. The zero-order chi connectivity index (χ0) is 14.0. The lowest BCUT2D eigenvalue weighted by Crippen LogP contribution is -2.14. The monoisotopic (exact) mass is 275 g/mol. The minimum Gasteiger partial charge on any atom is -0.397 e. The van der Waals surface area contributed by atoms with Gasteiger partial charge in [0.1, 0.15) is 0 Å². The van der Waals surface area contributed by atoms with E-state index in [1.807, 2.05) is 19.1 Å². The van der Waals surface area contributed by atoms with Crippen LogP contribution in [0, 0.1) is 6.92 Å². The zero-order valence-corrected chi connectivity index (χ0v) is 11.2. The Morgan fingerprint density at radius 2 is 1.84 bits per heavy atom. The fraction of sp³-hybridized carbons (Fsp3) is 0.0714. The predicted molar refractivity (Wildman–Crippen MR) is 78.8 cm³/mol. The van der Waals surface area contributed by atoms with Crippen molar-refractivity contribution in [3.05, 3.63) is 52.5 Å². The number of nitrogens with two attached hydrogens (primary N) is 2. The molecular weight excluding hydrogens is 262 g/mol. The second kappa shape index (κ2) is 5.20. The van der Waals surface area contributed by atoms with Gasteiger partial charge in [-0.2, -0.15) is 0 Å². The average Bonchev–Trinajstić information content (AvgIpc) is 2.35. The molecule has 5 N–H and O–H groups in total. The number of nitrogen functional groups attached to an aromatic ring is 1. The van der Waals surface area contributed by atoms with Crippen LogP contribution in [0.5, 0.6) is 0 Å². The van der Waals surface area contributed by atoms with E-state index in [2.05, 4.69) is 5.32 Å². The Morgan fingerprint density at radius 1 is 1.16 bits per heavy atom. The molecule has 0 unspecified atom stereocenters. The Kier molecular flexibility index (Phi) is 3.62. The van der Waals surface area contributed by atoms with Crippen LogP contribution in [-0.2, 0) is 0 Å². The summed E-state index contributed by atoms with van der Waals surface area (Å²) >= 11 is 6.14. The molecule has 1 amide bonds. The number of carbonyl (C=O) groups is 1. The van der Waals surface area contributed by atoms with Crippen LogP contribution in [0.3, 0.4) is 0 Å². The number of aryl methyl sites for hydroxylation is 1. The topological polar surface area (TPSA) is 81.1 Å². The molecule has 2 aromatic carbocycles. The van der Waals surface area contributed by atoms with Crippen molar-refractivity contribution in [2.45, 2.75) is 6.92 Å². The van der Waals surface area contributed by atoms with Crippen LogP contribution in [-0.4, -0.2) is 5.91 Å². The van der Waals surface area contributed by atoms with Gasteiger partial charge in [-0.15, -0.1) is 0 Å². The van der Waals surface area contributed by atoms with E-state index in [0.717, 1.165) is 5.56 Å². The number of amides is 1. The Bertz CT molecular complexity index is 620. The van der Waals surface area contributed by atoms with Gasteiger partial charge in [0, 0.05) is 0 Å². The molecule has 5 heteroatoms. The van der Waals surface area contributed by atoms with Crippen molar-refractivity contribution in [1.29, 1.82) is 0 Å². The first-order chi connectivity index (χ1) is 9.00. The molecule has 2 aromatic rings. The summed E-state index contributed by atoms with van der Waals surface area (Å²) in [6.45, 7) is 1.91. The van der Waals surface area contributed by atoms with E-state index < -0.39 is 5.91 Å². The lowest BCUT2D eigenvalue weighted by molar-refractivity contribution is 0.100. The number of hydrogen-bond acceptors (Lipinski definition) is 3. The van der Waals surface area contributed by atoms with Crippen LogP contribution in [0.25, 0.3) is 0 Å². The normalized spacial score (nSPS) is 10.2. The minimum absolute atomic E-state index is 0.333. The average molecular weight is 276 g/mol. The summed E-state index contributed by atoms with van der Waals surface area (Å²) in [6.07, 6.45) is 0. The lowest BCUT2D eigenvalue weighted by atomic mass is 10.1. The van der Waals surface area contributed by atoms with E-state index in [1.54, 1.807) is 24.3 Å². The fourth-order valence-electron chi connectivity index (χ4n) is 1.83. The highest BCUT2D eigenvalue weighted by Gasteiger charge is 2.13. The van der Waals surface area contributed by atoms with Crippen LogP contribution in [0.2, 0.25) is 5.02 Å². The molecule has 0 spiro atoms. The molecule has 0 aliphatic heterocycles. The number of rotatable bonds is 3. The van der Waals surface area contributed by atoms with E-state index in [9.17, 15) is 4.79 Å². The van der Waals surface area contributed by atoms with Crippen molar-refractivity contribution in [2.75, 3.05) is 11.1 Å². The molecular formula is C14H14ClN3O. The maximum absolute atomic E-state index is 11.4. The van der Waals surface area contributed by atoms with Crippen LogP contribution in [0.1, 0.15) is 15.9 Å². The highest BCUT2D eigenvalue weighted by Crippen LogP contribution is 2.33. The van der Waals surface area contributed by atoms with Gasteiger partial charge in [0.05, 0.1) is 27.6 Å². The smallest absolute Gasteiger partial charge is 0.250 e. The molecule has 0 aliphatic rings. The number of nitrogens with one attached hydrogen (secondary N) is 1. The SMILES string of the molecule is Cc1cccc(Cl)c1Nc1c(N)cccc1C(N)=O. The van der Waals surface area contributed by atoms with Crippen LogP contribution in [0.4, 0.5) is 17.1 Å². The van der Waals surface area contributed by atoms with Gasteiger partial charge >= 0.3 is 0 Å². The van der Waals surface area contributed by atoms with Crippen molar-refractivity contribution in [3.63, 3.8) is 0 Å². The van der Waals surface area contributed by atoms with Crippen molar-refractivity contribution in [2.24, 2.45) is 5.73 Å². The molecule has 0 atom stereocenters. The van der Waals surface area contributed by atoms with Gasteiger partial charge in [-0.1, -0.05) is 29.8 Å². The summed E-state index contributed by atoms with van der Waals surface area (Å²) in [7, 11) is 0. The highest BCUT2D eigenvalue weighted by molar-refractivity contribution is 6.33. The highest BCUT2D eigenvalue weighted by atomic mass is 35.5. The van der Waals surface area contributed by atoms with E-state index >= 15 is 0 Å². The second-order valence-electron chi connectivity index (χ2n) is 4.19. The Labute approximate surface area is 116 Å². The van der Waals surface area contributed by atoms with E-state index in [-0.39, 0.29) is 0 Å². The number of halogens is 1. The van der Waals surface area contributed by atoms with Gasteiger partial charge in [-0.3, -0.25) is 4.79 Å². The van der Waals surface area contributed by atoms with E-state index in [0.29, 0.717) is 27.6 Å². The molecule has 2 rings (SSSR count). The van der Waals surface area contributed by atoms with Gasteiger partial charge < -0.3 is 16.8 Å². The minimum atomic E-state index is -0.542. The van der Waals surface area contributed by atoms with Crippen LogP contribution >= 0.6 is 11.6 Å². The Morgan fingerprint density at radius 3 is 2.47 bits per heavy atom. The van der Waals surface area contributed by atoms with Gasteiger partial charge in [-0.25, -0.2) is 0 Å². The third kappa shape index (κ3) is 2.63. The largest absolute Gasteiger partial charge is 0.397 e. The fourth-order valence-corrected chi connectivity index (χ4v) is 2.10. The molecule has 4 nitrogen and oxygen atoms in total. The zero-order valence-electron chi connectivity index (χ0n) is 10.4. The molecule has 0 bridgehead atoms. The maximum Gasteiger partial charge on any atom is 0.250 e. The first kappa shape index (κ1) is 13.2. The van der Waals surface area contributed by atoms with Crippen molar-refractivity contribution in [1.82, 2.24) is 0 Å². The first-order valence-electron chi connectivity index (χ1n) is 5.71. The van der Waals surface area contributed by atoms with Gasteiger partial charge in [-0.05, 0) is 30.7 Å². The maximum atomic E-state index is 11.4. The van der Waals surface area contributed by atoms with Crippen LogP contribution in [0.15, 0.2) is 36.4 Å². The summed E-state index contributed by atoms with van der Waals surface area (Å²) < 4.78 is 0. The first-order valence-corrected chi connectivity index (χ1v) is 6.09. The number of carbonyl (C=O) groups excluding carboxylic acids is 1. The standard InChI is InChI=1S/C14H14ClN3O/c1-8-4-2-6-10(15)12(8)18-13-9(14(17)19)5-3-7-11(13)16/h2-7,18H,16H2,1H3,(H2,17,19).